The average Bonchev–Trinajstić information content (AvgIpc) is 2.68. The lowest BCUT2D eigenvalue weighted by molar-refractivity contribution is -0.151. The number of nitrogens with zero attached hydrogens (tertiary/aromatic N) is 2. The highest BCUT2D eigenvalue weighted by molar-refractivity contribution is 5.94. The van der Waals surface area contributed by atoms with Crippen molar-refractivity contribution >= 4 is 17.6 Å². The number of carboxylic acid groups (broad SMARTS) is 2. The van der Waals surface area contributed by atoms with Crippen molar-refractivity contribution in [1.29, 1.82) is 0 Å². The van der Waals surface area contributed by atoms with Crippen molar-refractivity contribution in [1.82, 2.24) is 4.90 Å². The summed E-state index contributed by atoms with van der Waals surface area (Å²) in [6.07, 6.45) is 0. The fraction of sp³-hybridized carbons (Fsp3) is 0.300. The van der Waals surface area contributed by atoms with Gasteiger partial charge in [-0.3, -0.25) is 4.90 Å². The lowest BCUT2D eigenvalue weighted by Gasteiger charge is -2.44. The van der Waals surface area contributed by atoms with E-state index in [1.165, 1.54) is 0 Å². The summed E-state index contributed by atoms with van der Waals surface area (Å²) in [5.41, 5.74) is 0.577. The largest absolute Gasteiger partial charge is 0.480 e. The van der Waals surface area contributed by atoms with Crippen LogP contribution in [0.4, 0.5) is 5.69 Å². The number of rotatable bonds is 5. The second-order valence-electron chi connectivity index (χ2n) is 6.54. The molecule has 1 unspecified atom stereocenters. The summed E-state index contributed by atoms with van der Waals surface area (Å²) in [7, 11) is 0. The number of benzene rings is 2. The Morgan fingerprint density at radius 3 is 2.04 bits per heavy atom. The molecule has 2 aromatic rings. The molecule has 1 saturated heterocycles. The first-order chi connectivity index (χ1) is 12.4. The van der Waals surface area contributed by atoms with Crippen molar-refractivity contribution in [2.45, 2.75) is 12.5 Å². The number of anilines is 1. The molecule has 1 heterocycles. The van der Waals surface area contributed by atoms with E-state index in [2.05, 4.69) is 0 Å². The maximum atomic E-state index is 12.1. The van der Waals surface area contributed by atoms with Gasteiger partial charge in [-0.1, -0.05) is 42.5 Å². The molecule has 0 saturated carbocycles. The Morgan fingerprint density at radius 1 is 0.885 bits per heavy atom. The third kappa shape index (κ3) is 3.15. The SMILES string of the molecule is CC(C(=O)O)(c1ccccc1)N1CCN(c2ccccc2C(=O)O)CC1. The molecule has 1 atom stereocenters. The van der Waals surface area contributed by atoms with Gasteiger partial charge < -0.3 is 15.1 Å². The van der Waals surface area contributed by atoms with Gasteiger partial charge in [0.1, 0.15) is 5.54 Å². The third-order valence-corrected chi connectivity index (χ3v) is 5.14. The zero-order chi connectivity index (χ0) is 18.7. The van der Waals surface area contributed by atoms with E-state index in [1.54, 1.807) is 25.1 Å². The van der Waals surface area contributed by atoms with Crippen LogP contribution >= 0.6 is 0 Å². The second-order valence-corrected chi connectivity index (χ2v) is 6.54. The standard InChI is InChI=1S/C20H22N2O4/c1-20(19(25)26,15-7-3-2-4-8-15)22-13-11-21(12-14-22)17-10-6-5-9-16(17)18(23)24/h2-10H,11-14H2,1H3,(H,23,24)(H,25,26). The van der Waals surface area contributed by atoms with E-state index in [1.807, 2.05) is 46.2 Å². The number of para-hydroxylation sites is 1. The maximum absolute atomic E-state index is 12.1. The summed E-state index contributed by atoms with van der Waals surface area (Å²) in [6.45, 7) is 3.93. The highest BCUT2D eigenvalue weighted by Gasteiger charge is 2.42. The molecule has 26 heavy (non-hydrogen) atoms. The average molecular weight is 354 g/mol. The molecule has 0 amide bonds. The predicted molar refractivity (Wildman–Crippen MR) is 98.6 cm³/mol. The highest BCUT2D eigenvalue weighted by atomic mass is 16.4. The Bertz CT molecular complexity index is 800. The van der Waals surface area contributed by atoms with Crippen molar-refractivity contribution in [2.75, 3.05) is 31.1 Å². The zero-order valence-electron chi connectivity index (χ0n) is 14.6. The van der Waals surface area contributed by atoms with E-state index in [4.69, 9.17) is 0 Å². The van der Waals surface area contributed by atoms with Gasteiger partial charge in [0, 0.05) is 26.2 Å². The third-order valence-electron chi connectivity index (χ3n) is 5.14. The van der Waals surface area contributed by atoms with E-state index >= 15 is 0 Å². The van der Waals surface area contributed by atoms with Crippen molar-refractivity contribution in [2.24, 2.45) is 0 Å². The summed E-state index contributed by atoms with van der Waals surface area (Å²) in [5, 5.41) is 19.3. The van der Waals surface area contributed by atoms with Crippen LogP contribution in [0.5, 0.6) is 0 Å². The number of carboxylic acids is 2. The summed E-state index contributed by atoms with van der Waals surface area (Å²) in [4.78, 5) is 27.5. The Balaban J connectivity index is 1.82. The minimum Gasteiger partial charge on any atom is -0.480 e. The van der Waals surface area contributed by atoms with Gasteiger partial charge in [-0.05, 0) is 24.6 Å². The molecule has 0 spiro atoms. The first kappa shape index (κ1) is 17.9. The van der Waals surface area contributed by atoms with E-state index < -0.39 is 17.5 Å². The van der Waals surface area contributed by atoms with Gasteiger partial charge in [-0.25, -0.2) is 9.59 Å². The van der Waals surface area contributed by atoms with E-state index in [-0.39, 0.29) is 5.56 Å². The van der Waals surface area contributed by atoms with Crippen LogP contribution in [0.25, 0.3) is 0 Å². The maximum Gasteiger partial charge on any atom is 0.337 e. The molecule has 6 nitrogen and oxygen atoms in total. The molecule has 0 radical (unpaired) electrons. The summed E-state index contributed by atoms with van der Waals surface area (Å²) in [6, 6.07) is 16.1. The fourth-order valence-corrected chi connectivity index (χ4v) is 3.53. The first-order valence-electron chi connectivity index (χ1n) is 8.56. The predicted octanol–water partition coefficient (Wildman–Crippen LogP) is 2.51. The fourth-order valence-electron chi connectivity index (χ4n) is 3.53. The molecule has 6 heteroatoms. The quantitative estimate of drug-likeness (QED) is 0.859. The van der Waals surface area contributed by atoms with Crippen LogP contribution in [-0.2, 0) is 10.3 Å². The van der Waals surface area contributed by atoms with Gasteiger partial charge >= 0.3 is 11.9 Å². The Kier molecular flexibility index (Phi) is 4.95. The summed E-state index contributed by atoms with van der Waals surface area (Å²) in [5.74, 6) is -1.84. The summed E-state index contributed by atoms with van der Waals surface area (Å²) >= 11 is 0. The molecule has 0 aromatic heterocycles. The Morgan fingerprint density at radius 2 is 1.46 bits per heavy atom. The molecular weight excluding hydrogens is 332 g/mol. The highest BCUT2D eigenvalue weighted by Crippen LogP contribution is 2.31. The molecule has 1 fully saturated rings. The lowest BCUT2D eigenvalue weighted by Crippen LogP contribution is -2.57. The monoisotopic (exact) mass is 354 g/mol. The molecular formula is C20H22N2O4. The minimum absolute atomic E-state index is 0.269. The Hall–Kier alpha value is -2.86. The molecule has 0 aliphatic carbocycles. The lowest BCUT2D eigenvalue weighted by atomic mass is 9.89. The molecule has 2 N–H and O–H groups in total. The molecule has 1 aliphatic heterocycles. The van der Waals surface area contributed by atoms with Gasteiger partial charge in [-0.2, -0.15) is 0 Å². The van der Waals surface area contributed by atoms with Gasteiger partial charge in [0.2, 0.25) is 0 Å². The number of aromatic carboxylic acids is 1. The number of hydrogen-bond donors (Lipinski definition) is 2. The Labute approximate surface area is 152 Å². The number of aliphatic carboxylic acids is 1. The van der Waals surface area contributed by atoms with Crippen LogP contribution in [0.1, 0.15) is 22.8 Å². The van der Waals surface area contributed by atoms with Crippen molar-refractivity contribution in [3.63, 3.8) is 0 Å². The number of hydrogen-bond acceptors (Lipinski definition) is 4. The van der Waals surface area contributed by atoms with E-state index in [9.17, 15) is 19.8 Å². The molecule has 3 rings (SSSR count). The smallest absolute Gasteiger partial charge is 0.337 e. The van der Waals surface area contributed by atoms with E-state index in [0.29, 0.717) is 31.9 Å². The molecule has 136 valence electrons. The number of carbonyl (C=O) groups is 2. The van der Waals surface area contributed by atoms with Crippen molar-refractivity contribution in [3.05, 3.63) is 65.7 Å². The molecule has 0 bridgehead atoms. The van der Waals surface area contributed by atoms with Crippen LogP contribution in [0.15, 0.2) is 54.6 Å². The van der Waals surface area contributed by atoms with Crippen molar-refractivity contribution in [3.8, 4) is 0 Å². The van der Waals surface area contributed by atoms with Gasteiger partial charge in [-0.15, -0.1) is 0 Å². The second kappa shape index (κ2) is 7.17. The van der Waals surface area contributed by atoms with Crippen LogP contribution in [-0.4, -0.2) is 53.2 Å². The number of piperazine rings is 1. The molecule has 1 aliphatic rings. The van der Waals surface area contributed by atoms with Gasteiger partial charge in [0.05, 0.1) is 11.3 Å². The van der Waals surface area contributed by atoms with Crippen molar-refractivity contribution < 1.29 is 19.8 Å². The van der Waals surface area contributed by atoms with Crippen LogP contribution < -0.4 is 4.90 Å². The van der Waals surface area contributed by atoms with Gasteiger partial charge in [0.25, 0.3) is 0 Å². The summed E-state index contributed by atoms with van der Waals surface area (Å²) < 4.78 is 0. The minimum atomic E-state index is -1.11. The van der Waals surface area contributed by atoms with Crippen LogP contribution in [0, 0.1) is 0 Å². The van der Waals surface area contributed by atoms with Crippen LogP contribution in [0.2, 0.25) is 0 Å². The normalized spacial score (nSPS) is 17.5. The topological polar surface area (TPSA) is 81.1 Å². The molecule has 2 aromatic carbocycles. The first-order valence-corrected chi connectivity index (χ1v) is 8.56. The van der Waals surface area contributed by atoms with Gasteiger partial charge in [0.15, 0.2) is 0 Å². The zero-order valence-corrected chi connectivity index (χ0v) is 14.6. The van der Waals surface area contributed by atoms with Crippen LogP contribution in [0.3, 0.4) is 0 Å². The van der Waals surface area contributed by atoms with E-state index in [0.717, 1.165) is 5.56 Å².